The Morgan fingerprint density at radius 1 is 1.23 bits per heavy atom. The number of benzene rings is 2. The van der Waals surface area contributed by atoms with E-state index in [1.807, 2.05) is 37.3 Å². The summed E-state index contributed by atoms with van der Waals surface area (Å²) in [5.41, 5.74) is 9.31. The topological polar surface area (TPSA) is 81.4 Å². The number of fused-ring (bicyclic) bond motifs is 1. The molecule has 7 heteroatoms. The molecule has 3 atom stereocenters. The van der Waals surface area contributed by atoms with E-state index in [9.17, 15) is 8.42 Å². The number of halogens is 1. The van der Waals surface area contributed by atoms with Crippen molar-refractivity contribution in [1.29, 1.82) is 0 Å². The van der Waals surface area contributed by atoms with Gasteiger partial charge >= 0.3 is 0 Å². The maximum atomic E-state index is 12.9. The first-order valence-corrected chi connectivity index (χ1v) is 13.2. The van der Waals surface area contributed by atoms with Crippen LogP contribution >= 0.6 is 11.6 Å². The molecule has 1 heterocycles. The minimum Gasteiger partial charge on any atom is -0.474 e. The molecule has 2 aromatic rings. The van der Waals surface area contributed by atoms with Crippen molar-refractivity contribution in [2.75, 3.05) is 18.8 Å². The van der Waals surface area contributed by atoms with Gasteiger partial charge in [0.2, 0.25) is 5.44 Å². The summed E-state index contributed by atoms with van der Waals surface area (Å²) in [6.07, 6.45) is 3.23. The van der Waals surface area contributed by atoms with E-state index in [4.69, 9.17) is 22.1 Å². The first-order valence-electron chi connectivity index (χ1n) is 11.1. The third-order valence-electron chi connectivity index (χ3n) is 6.42. The Morgan fingerprint density at radius 3 is 2.71 bits per heavy atom. The molecule has 1 aliphatic carbocycles. The number of nitrogens with one attached hydrogen (secondary N) is 1. The fourth-order valence-electron chi connectivity index (χ4n) is 4.65. The molecule has 0 bridgehead atoms. The second kappa shape index (κ2) is 9.49. The lowest BCUT2D eigenvalue weighted by Gasteiger charge is -2.35. The van der Waals surface area contributed by atoms with Crippen LogP contribution in [0.2, 0.25) is 5.02 Å². The van der Waals surface area contributed by atoms with Crippen LogP contribution in [-0.2, 0) is 22.7 Å². The summed E-state index contributed by atoms with van der Waals surface area (Å²) in [5, 5.41) is 3.88. The van der Waals surface area contributed by atoms with Gasteiger partial charge in [0.15, 0.2) is 9.84 Å². The van der Waals surface area contributed by atoms with Gasteiger partial charge in [-0.05, 0) is 66.6 Å². The van der Waals surface area contributed by atoms with Crippen LogP contribution in [0.4, 0.5) is 0 Å². The van der Waals surface area contributed by atoms with Crippen molar-refractivity contribution in [2.45, 2.75) is 50.0 Å². The normalized spacial score (nSPS) is 22.4. The lowest BCUT2D eigenvalue weighted by atomic mass is 9.76. The molecule has 3 N–H and O–H groups in total. The molecule has 1 saturated heterocycles. The van der Waals surface area contributed by atoms with E-state index in [1.54, 1.807) is 0 Å². The van der Waals surface area contributed by atoms with E-state index in [-0.39, 0.29) is 23.6 Å². The van der Waals surface area contributed by atoms with Crippen LogP contribution in [0.5, 0.6) is 5.75 Å². The zero-order valence-electron chi connectivity index (χ0n) is 17.9. The van der Waals surface area contributed by atoms with Crippen molar-refractivity contribution < 1.29 is 13.2 Å². The number of rotatable bonds is 8. The molecule has 2 aliphatic rings. The minimum atomic E-state index is -3.33. The smallest absolute Gasteiger partial charge is 0.204 e. The fraction of sp³-hybridized carbons (Fsp3) is 0.500. The van der Waals surface area contributed by atoms with Crippen molar-refractivity contribution in [1.82, 2.24) is 5.32 Å². The van der Waals surface area contributed by atoms with Gasteiger partial charge in [0.25, 0.3) is 0 Å². The third-order valence-corrected chi connectivity index (χ3v) is 8.82. The number of sulfone groups is 1. The Hall–Kier alpha value is -1.60. The highest BCUT2D eigenvalue weighted by molar-refractivity contribution is 7.91. The maximum absolute atomic E-state index is 12.9. The van der Waals surface area contributed by atoms with Gasteiger partial charge in [-0.3, -0.25) is 0 Å². The van der Waals surface area contributed by atoms with E-state index in [0.717, 1.165) is 35.4 Å². The molecule has 1 aliphatic heterocycles. The molecule has 4 rings (SSSR count). The Bertz CT molecular complexity index is 1020. The quantitative estimate of drug-likeness (QED) is 0.625. The fourth-order valence-corrected chi connectivity index (χ4v) is 6.70. The van der Waals surface area contributed by atoms with Crippen LogP contribution in [0.3, 0.4) is 0 Å². The van der Waals surface area contributed by atoms with E-state index < -0.39 is 15.3 Å². The van der Waals surface area contributed by atoms with Crippen molar-refractivity contribution in [2.24, 2.45) is 11.7 Å². The first kappa shape index (κ1) is 22.6. The lowest BCUT2D eigenvalue weighted by Crippen LogP contribution is -2.53. The van der Waals surface area contributed by atoms with Crippen molar-refractivity contribution in [3.63, 3.8) is 0 Å². The van der Waals surface area contributed by atoms with Gasteiger partial charge in [-0.1, -0.05) is 36.7 Å². The largest absolute Gasteiger partial charge is 0.474 e. The molecule has 0 radical (unpaired) electrons. The molecule has 0 aromatic heterocycles. The Labute approximate surface area is 190 Å². The summed E-state index contributed by atoms with van der Waals surface area (Å²) in [5.74, 6) is 0.876. The highest BCUT2D eigenvalue weighted by Crippen LogP contribution is 2.37. The number of nitrogens with two attached hydrogens (primary N) is 1. The van der Waals surface area contributed by atoms with Gasteiger partial charge in [-0.25, -0.2) is 8.42 Å². The molecular formula is C24H31ClN2O3S. The summed E-state index contributed by atoms with van der Waals surface area (Å²) in [7, 11) is -3.33. The second-order valence-electron chi connectivity index (χ2n) is 8.78. The average Bonchev–Trinajstić information content (AvgIpc) is 2.68. The number of hydrogen-bond acceptors (Lipinski definition) is 5. The predicted molar refractivity (Wildman–Crippen MR) is 125 cm³/mol. The predicted octanol–water partition coefficient (Wildman–Crippen LogP) is 3.69. The third kappa shape index (κ3) is 5.08. The zero-order valence-corrected chi connectivity index (χ0v) is 19.5. The average molecular weight is 463 g/mol. The summed E-state index contributed by atoms with van der Waals surface area (Å²) in [6.45, 7) is 3.22. The van der Waals surface area contributed by atoms with Crippen LogP contribution in [0.1, 0.15) is 42.4 Å². The van der Waals surface area contributed by atoms with E-state index in [0.29, 0.717) is 25.3 Å². The van der Waals surface area contributed by atoms with Crippen LogP contribution in [0.15, 0.2) is 42.5 Å². The number of aryl methyl sites for hydroxylation is 1. The summed E-state index contributed by atoms with van der Waals surface area (Å²) in [6, 6.07) is 13.9. The van der Waals surface area contributed by atoms with E-state index >= 15 is 0 Å². The van der Waals surface area contributed by atoms with Crippen molar-refractivity contribution in [3.05, 3.63) is 64.2 Å². The Balaban J connectivity index is 1.62. The maximum Gasteiger partial charge on any atom is 0.204 e. The number of hydrogen-bond donors (Lipinski definition) is 2. The van der Waals surface area contributed by atoms with Crippen LogP contribution in [0.25, 0.3) is 0 Å². The van der Waals surface area contributed by atoms with Gasteiger partial charge < -0.3 is 15.8 Å². The van der Waals surface area contributed by atoms with Crippen LogP contribution in [0, 0.1) is 5.92 Å². The van der Waals surface area contributed by atoms with E-state index in [2.05, 4.69) is 17.4 Å². The van der Waals surface area contributed by atoms with Crippen molar-refractivity contribution in [3.8, 4) is 5.75 Å². The molecule has 5 nitrogen and oxygen atoms in total. The van der Waals surface area contributed by atoms with Crippen molar-refractivity contribution >= 4 is 21.4 Å². The standard InChI is InChI=1S/C24H31ClN2O3S/c1-2-10-31(28,29)24(18-14-27-15-18)30-20-8-6-17-7-9-23(26)22(21(17)13-20)12-16-4-3-5-19(25)11-16/h3-6,8,11,13,18,22-24,27H,2,7,9-10,12,14-15,26H2,1H3. The SMILES string of the molecule is CCCS(=O)(=O)C(Oc1ccc2c(c1)C(Cc1cccc(Cl)c1)C(N)CC2)C1CNC1. The highest BCUT2D eigenvalue weighted by Gasteiger charge is 2.38. The summed E-state index contributed by atoms with van der Waals surface area (Å²) < 4.78 is 31.9. The second-order valence-corrected chi connectivity index (χ2v) is 11.4. The molecule has 0 spiro atoms. The minimum absolute atomic E-state index is 0.0166. The summed E-state index contributed by atoms with van der Waals surface area (Å²) in [4.78, 5) is 0. The summed E-state index contributed by atoms with van der Waals surface area (Å²) >= 11 is 6.19. The molecular weight excluding hydrogens is 432 g/mol. The zero-order chi connectivity index (χ0) is 22.0. The van der Waals surface area contributed by atoms with Crippen LogP contribution < -0.4 is 15.8 Å². The Morgan fingerprint density at radius 2 is 2.03 bits per heavy atom. The van der Waals surface area contributed by atoms with E-state index in [1.165, 1.54) is 5.56 Å². The molecule has 1 fully saturated rings. The highest BCUT2D eigenvalue weighted by atomic mass is 35.5. The van der Waals surface area contributed by atoms with Crippen LogP contribution in [-0.4, -0.2) is 38.7 Å². The molecule has 0 amide bonds. The first-order chi connectivity index (χ1) is 14.9. The molecule has 0 saturated carbocycles. The lowest BCUT2D eigenvalue weighted by molar-refractivity contribution is 0.160. The van der Waals surface area contributed by atoms with Gasteiger partial charge in [0.1, 0.15) is 5.75 Å². The molecule has 31 heavy (non-hydrogen) atoms. The molecule has 168 valence electrons. The monoisotopic (exact) mass is 462 g/mol. The van der Waals surface area contributed by atoms with Gasteiger partial charge in [0, 0.05) is 36.0 Å². The van der Waals surface area contributed by atoms with Gasteiger partial charge in [0.05, 0.1) is 5.75 Å². The van der Waals surface area contributed by atoms with Gasteiger partial charge in [-0.2, -0.15) is 0 Å². The molecule has 2 aromatic carbocycles. The number of ether oxygens (including phenoxy) is 1. The Kier molecular flexibility index (Phi) is 6.92. The van der Waals surface area contributed by atoms with Gasteiger partial charge in [-0.15, -0.1) is 0 Å². The molecule has 3 unspecified atom stereocenters.